The van der Waals surface area contributed by atoms with Crippen molar-refractivity contribution in [2.75, 3.05) is 6.54 Å². The maximum absolute atomic E-state index is 13.2. The number of non-ortho nitro benzene ring substituents is 1. The summed E-state index contributed by atoms with van der Waals surface area (Å²) in [5.41, 5.74) is -3.57. The smallest absolute Gasteiger partial charge is 0.365 e. The van der Waals surface area contributed by atoms with Gasteiger partial charge in [-0.05, 0) is 12.1 Å². The van der Waals surface area contributed by atoms with Crippen LogP contribution < -0.4 is 0 Å². The highest BCUT2D eigenvalue weighted by Crippen LogP contribution is 2.40. The van der Waals surface area contributed by atoms with E-state index in [1.165, 1.54) is 12.1 Å². The summed E-state index contributed by atoms with van der Waals surface area (Å²) < 4.78 is 39.5. The molecule has 28 heavy (non-hydrogen) atoms. The minimum atomic E-state index is -4.79. The molecule has 0 spiro atoms. The second-order valence-electron chi connectivity index (χ2n) is 6.19. The van der Waals surface area contributed by atoms with Gasteiger partial charge in [-0.2, -0.15) is 18.3 Å². The quantitative estimate of drug-likeness (QED) is 0.478. The molecule has 2 aromatic rings. The number of hydrogen-bond donors (Lipinski definition) is 1. The van der Waals surface area contributed by atoms with Crippen LogP contribution in [-0.4, -0.2) is 39.3 Å². The van der Waals surface area contributed by atoms with Crippen molar-refractivity contribution in [2.45, 2.75) is 18.3 Å². The van der Waals surface area contributed by atoms with Crippen molar-refractivity contribution in [2.24, 2.45) is 5.10 Å². The molecule has 0 amide bonds. The third-order valence-electron chi connectivity index (χ3n) is 4.34. The van der Waals surface area contributed by atoms with Gasteiger partial charge in [-0.1, -0.05) is 30.3 Å². The molecular formula is C18H14F3N3O4. The number of Topliss-reactive ketones (excluding diaryl/α,β-unsaturated/α-hetero) is 1. The van der Waals surface area contributed by atoms with Crippen LogP contribution in [0.15, 0.2) is 59.7 Å². The number of benzene rings is 2. The van der Waals surface area contributed by atoms with Crippen LogP contribution in [-0.2, 0) is 5.72 Å². The minimum Gasteiger partial charge on any atom is -0.365 e. The zero-order valence-corrected chi connectivity index (χ0v) is 14.3. The molecule has 0 fully saturated rings. The maximum Gasteiger partial charge on any atom is 0.431 e. The van der Waals surface area contributed by atoms with E-state index >= 15 is 0 Å². The number of hydrazone groups is 1. The van der Waals surface area contributed by atoms with E-state index in [0.717, 1.165) is 24.3 Å². The van der Waals surface area contributed by atoms with Crippen molar-refractivity contribution < 1.29 is 28.0 Å². The zero-order chi connectivity index (χ0) is 20.5. The third-order valence-corrected chi connectivity index (χ3v) is 4.34. The number of nitro benzene ring substituents is 1. The lowest BCUT2D eigenvalue weighted by Crippen LogP contribution is -2.42. The highest BCUT2D eigenvalue weighted by molar-refractivity contribution is 5.98. The Balaban J connectivity index is 1.95. The molecule has 0 aliphatic carbocycles. The van der Waals surface area contributed by atoms with Gasteiger partial charge in [-0.15, -0.1) is 0 Å². The van der Waals surface area contributed by atoms with Gasteiger partial charge >= 0.3 is 6.18 Å². The summed E-state index contributed by atoms with van der Waals surface area (Å²) in [5.74, 6) is -0.534. The molecule has 146 valence electrons. The molecule has 0 bridgehead atoms. The first-order valence-electron chi connectivity index (χ1n) is 8.09. The number of hydrogen-bond acceptors (Lipinski definition) is 6. The lowest BCUT2D eigenvalue weighted by Gasteiger charge is -2.32. The number of nitrogens with zero attached hydrogens (tertiary/aromatic N) is 3. The van der Waals surface area contributed by atoms with Crippen LogP contribution in [0.1, 0.15) is 22.3 Å². The summed E-state index contributed by atoms with van der Waals surface area (Å²) in [4.78, 5) is 22.5. The van der Waals surface area contributed by atoms with Crippen molar-refractivity contribution in [3.05, 3.63) is 75.8 Å². The van der Waals surface area contributed by atoms with Crippen LogP contribution in [0.4, 0.5) is 18.9 Å². The minimum absolute atomic E-state index is 0.0399. The molecule has 3 rings (SSSR count). The van der Waals surface area contributed by atoms with Crippen molar-refractivity contribution in [3.8, 4) is 0 Å². The van der Waals surface area contributed by atoms with Crippen molar-refractivity contribution in [1.29, 1.82) is 0 Å². The van der Waals surface area contributed by atoms with Gasteiger partial charge in [0.05, 0.1) is 11.3 Å². The first-order valence-corrected chi connectivity index (χ1v) is 8.09. The van der Waals surface area contributed by atoms with Crippen LogP contribution in [0.2, 0.25) is 0 Å². The van der Waals surface area contributed by atoms with Crippen molar-refractivity contribution in [1.82, 2.24) is 5.01 Å². The summed E-state index contributed by atoms with van der Waals surface area (Å²) in [6.45, 7) is -0.600. The number of carbonyl (C=O) groups is 1. The van der Waals surface area contributed by atoms with E-state index < -0.39 is 41.3 Å². The monoisotopic (exact) mass is 393 g/mol. The Morgan fingerprint density at radius 3 is 2.32 bits per heavy atom. The second kappa shape index (κ2) is 7.04. The normalized spacial score (nSPS) is 19.4. The van der Waals surface area contributed by atoms with Crippen LogP contribution >= 0.6 is 0 Å². The molecule has 1 heterocycles. The van der Waals surface area contributed by atoms with E-state index in [1.807, 2.05) is 0 Å². The predicted molar refractivity (Wildman–Crippen MR) is 92.6 cm³/mol. The van der Waals surface area contributed by atoms with Gasteiger partial charge < -0.3 is 5.11 Å². The summed E-state index contributed by atoms with van der Waals surface area (Å²) in [6.07, 6.45) is -5.70. The third kappa shape index (κ3) is 3.72. The molecule has 0 saturated carbocycles. The molecule has 1 atom stereocenters. The summed E-state index contributed by atoms with van der Waals surface area (Å²) >= 11 is 0. The fourth-order valence-corrected chi connectivity index (χ4v) is 2.86. The van der Waals surface area contributed by atoms with Crippen molar-refractivity contribution in [3.63, 3.8) is 0 Å². The molecule has 0 radical (unpaired) electrons. The molecule has 0 unspecified atom stereocenters. The highest BCUT2D eigenvalue weighted by Gasteiger charge is 2.51. The molecule has 1 aliphatic rings. The lowest BCUT2D eigenvalue weighted by molar-refractivity contribution is -0.384. The highest BCUT2D eigenvalue weighted by atomic mass is 19.4. The summed E-state index contributed by atoms with van der Waals surface area (Å²) in [6, 6.07) is 12.3. The van der Waals surface area contributed by atoms with E-state index in [1.54, 1.807) is 18.2 Å². The summed E-state index contributed by atoms with van der Waals surface area (Å²) in [5, 5.41) is 25.9. The largest absolute Gasteiger partial charge is 0.431 e. The van der Waals surface area contributed by atoms with E-state index in [0.29, 0.717) is 5.01 Å². The van der Waals surface area contributed by atoms with E-state index in [2.05, 4.69) is 5.10 Å². The molecule has 1 aliphatic heterocycles. The SMILES string of the molecule is O=C(CN1N=C(C(F)(F)F)C[C@@]1(O)c1ccc([N+](=O)[O-])cc1)c1ccccc1. The van der Waals surface area contributed by atoms with Gasteiger partial charge in [0.1, 0.15) is 12.3 Å². The van der Waals surface area contributed by atoms with E-state index in [4.69, 9.17) is 0 Å². The standard InChI is InChI=1S/C18H14F3N3O4/c19-18(20,21)16-10-17(26,13-6-8-14(9-7-13)24(27)28)23(22-16)11-15(25)12-4-2-1-3-5-12/h1-9,26H,10-11H2/t17-/m1/s1. The topological polar surface area (TPSA) is 96.0 Å². The van der Waals surface area contributed by atoms with Gasteiger partial charge in [0, 0.05) is 23.3 Å². The number of rotatable bonds is 5. The van der Waals surface area contributed by atoms with Gasteiger partial charge in [0.15, 0.2) is 11.5 Å². The number of aliphatic hydroxyl groups is 1. The molecule has 10 heteroatoms. The van der Waals surface area contributed by atoms with Crippen LogP contribution in [0.25, 0.3) is 0 Å². The Hall–Kier alpha value is -3.27. The molecule has 0 aromatic heterocycles. The van der Waals surface area contributed by atoms with Gasteiger partial charge in [-0.25, -0.2) is 0 Å². The Morgan fingerprint density at radius 2 is 1.79 bits per heavy atom. The maximum atomic E-state index is 13.2. The lowest BCUT2D eigenvalue weighted by atomic mass is 9.96. The first-order chi connectivity index (χ1) is 13.1. The predicted octanol–water partition coefficient (Wildman–Crippen LogP) is 3.25. The Bertz CT molecular complexity index is 929. The summed E-state index contributed by atoms with van der Waals surface area (Å²) in [7, 11) is 0. The van der Waals surface area contributed by atoms with Crippen LogP contribution in [0, 0.1) is 10.1 Å². The fraction of sp³-hybridized carbons (Fsp3) is 0.222. The first kappa shape index (κ1) is 19.5. The molecule has 1 N–H and O–H groups in total. The zero-order valence-electron chi connectivity index (χ0n) is 14.3. The number of nitro groups is 1. The molecule has 0 saturated heterocycles. The van der Waals surface area contributed by atoms with Gasteiger partial charge in [0.25, 0.3) is 5.69 Å². The fourth-order valence-electron chi connectivity index (χ4n) is 2.86. The number of alkyl halides is 3. The molecule has 2 aromatic carbocycles. The Morgan fingerprint density at radius 1 is 1.18 bits per heavy atom. The van der Waals surface area contributed by atoms with Crippen LogP contribution in [0.5, 0.6) is 0 Å². The Kier molecular flexibility index (Phi) is 4.90. The van der Waals surface area contributed by atoms with Gasteiger partial charge in [0.2, 0.25) is 0 Å². The average Bonchev–Trinajstić information content (AvgIpc) is 3.00. The average molecular weight is 393 g/mol. The van der Waals surface area contributed by atoms with Crippen LogP contribution in [0.3, 0.4) is 0 Å². The van der Waals surface area contributed by atoms with Crippen molar-refractivity contribution >= 4 is 17.2 Å². The number of ketones is 1. The second-order valence-corrected chi connectivity index (χ2v) is 6.19. The number of carbonyl (C=O) groups excluding carboxylic acids is 1. The van der Waals surface area contributed by atoms with Gasteiger partial charge in [-0.3, -0.25) is 19.9 Å². The number of halogens is 3. The van der Waals surface area contributed by atoms with E-state index in [9.17, 15) is 33.2 Å². The Labute approximate surface area is 156 Å². The van der Waals surface area contributed by atoms with E-state index in [-0.39, 0.29) is 16.8 Å². The molecular weight excluding hydrogens is 379 g/mol. The molecule has 7 nitrogen and oxygen atoms in total.